The summed E-state index contributed by atoms with van der Waals surface area (Å²) < 4.78 is 4.86. The molecule has 78 valence electrons. The Kier molecular flexibility index (Phi) is 2.86. The van der Waals surface area contributed by atoms with Crippen LogP contribution in [-0.4, -0.2) is 15.1 Å². The highest BCUT2D eigenvalue weighted by molar-refractivity contribution is 7.98. The molecule has 0 fully saturated rings. The van der Waals surface area contributed by atoms with E-state index in [1.807, 2.05) is 6.07 Å². The van der Waals surface area contributed by atoms with Crippen LogP contribution in [0.5, 0.6) is 0 Å². The standard InChI is InChI=1S/C9H10N4OS/c1-6-12-9(13-14-6)5-15-7-2-3-8(10)11-4-7/h2-4H,5H2,1H3,(H2,10,11). The summed E-state index contributed by atoms with van der Waals surface area (Å²) in [6.45, 7) is 1.77. The highest BCUT2D eigenvalue weighted by atomic mass is 32.2. The third kappa shape index (κ3) is 2.69. The minimum atomic E-state index is 0.523. The van der Waals surface area contributed by atoms with Crippen molar-refractivity contribution in [2.75, 3.05) is 5.73 Å². The summed E-state index contributed by atoms with van der Waals surface area (Å²) in [5.74, 6) is 2.47. The monoisotopic (exact) mass is 222 g/mol. The molecule has 0 aromatic carbocycles. The minimum Gasteiger partial charge on any atom is -0.384 e. The molecular formula is C9H10N4OS. The molecule has 2 N–H and O–H groups in total. The average Bonchev–Trinajstić information content (AvgIpc) is 2.64. The molecule has 0 unspecified atom stereocenters. The van der Waals surface area contributed by atoms with Gasteiger partial charge in [-0.1, -0.05) is 5.16 Å². The number of aryl methyl sites for hydroxylation is 1. The van der Waals surface area contributed by atoms with E-state index in [1.54, 1.807) is 30.9 Å². The lowest BCUT2D eigenvalue weighted by atomic mass is 10.5. The second-order valence-electron chi connectivity index (χ2n) is 2.94. The first-order chi connectivity index (χ1) is 7.24. The normalized spacial score (nSPS) is 10.5. The van der Waals surface area contributed by atoms with Gasteiger partial charge < -0.3 is 10.3 Å². The van der Waals surface area contributed by atoms with Crippen molar-refractivity contribution in [1.82, 2.24) is 15.1 Å². The number of aromatic nitrogens is 3. The number of anilines is 1. The van der Waals surface area contributed by atoms with Crippen LogP contribution in [0.4, 0.5) is 5.82 Å². The number of thioether (sulfide) groups is 1. The van der Waals surface area contributed by atoms with E-state index in [-0.39, 0.29) is 0 Å². The summed E-state index contributed by atoms with van der Waals surface area (Å²) in [4.78, 5) is 9.12. The molecule has 0 aliphatic carbocycles. The number of pyridine rings is 1. The number of nitrogens with zero attached hydrogens (tertiary/aromatic N) is 3. The molecule has 15 heavy (non-hydrogen) atoms. The van der Waals surface area contributed by atoms with Crippen LogP contribution in [0, 0.1) is 6.92 Å². The zero-order valence-electron chi connectivity index (χ0n) is 8.17. The van der Waals surface area contributed by atoms with Gasteiger partial charge in [0.25, 0.3) is 0 Å². The van der Waals surface area contributed by atoms with Crippen molar-refractivity contribution in [1.29, 1.82) is 0 Å². The molecule has 6 heteroatoms. The lowest BCUT2D eigenvalue weighted by Crippen LogP contribution is -1.89. The third-order valence-corrected chi connectivity index (χ3v) is 2.67. The van der Waals surface area contributed by atoms with E-state index in [1.165, 1.54) is 0 Å². The Morgan fingerprint density at radius 2 is 2.33 bits per heavy atom. The Labute approximate surface area is 91.1 Å². The van der Waals surface area contributed by atoms with Gasteiger partial charge in [0.1, 0.15) is 5.82 Å². The van der Waals surface area contributed by atoms with Gasteiger partial charge in [0.15, 0.2) is 5.82 Å². The Morgan fingerprint density at radius 1 is 1.47 bits per heavy atom. The Morgan fingerprint density at radius 3 is 2.93 bits per heavy atom. The van der Waals surface area contributed by atoms with Crippen molar-refractivity contribution in [2.45, 2.75) is 17.6 Å². The molecule has 2 rings (SSSR count). The van der Waals surface area contributed by atoms with Gasteiger partial charge in [0.2, 0.25) is 5.89 Å². The summed E-state index contributed by atoms with van der Waals surface area (Å²) in [6.07, 6.45) is 1.73. The fourth-order valence-electron chi connectivity index (χ4n) is 1.02. The van der Waals surface area contributed by atoms with Gasteiger partial charge in [-0.15, -0.1) is 11.8 Å². The van der Waals surface area contributed by atoms with E-state index < -0.39 is 0 Å². The number of hydrogen-bond donors (Lipinski definition) is 1. The van der Waals surface area contributed by atoms with E-state index in [2.05, 4.69) is 15.1 Å². The SMILES string of the molecule is Cc1nc(CSc2ccc(N)nc2)no1. The average molecular weight is 222 g/mol. The quantitative estimate of drug-likeness (QED) is 0.795. The molecule has 0 amide bonds. The number of hydrogen-bond acceptors (Lipinski definition) is 6. The summed E-state index contributed by atoms with van der Waals surface area (Å²) in [5.41, 5.74) is 5.48. The maximum absolute atomic E-state index is 5.48. The van der Waals surface area contributed by atoms with Gasteiger partial charge in [-0.3, -0.25) is 0 Å². The van der Waals surface area contributed by atoms with Crippen LogP contribution >= 0.6 is 11.8 Å². The van der Waals surface area contributed by atoms with Gasteiger partial charge in [-0.25, -0.2) is 4.98 Å². The van der Waals surface area contributed by atoms with Crippen LogP contribution < -0.4 is 5.73 Å². The molecule has 2 aromatic rings. The fourth-order valence-corrected chi connectivity index (χ4v) is 1.73. The molecule has 2 heterocycles. The van der Waals surface area contributed by atoms with Crippen LogP contribution in [-0.2, 0) is 5.75 Å². The second kappa shape index (κ2) is 4.31. The van der Waals surface area contributed by atoms with Gasteiger partial charge in [-0.2, -0.15) is 4.98 Å². The molecule has 0 aliphatic heterocycles. The van der Waals surface area contributed by atoms with E-state index in [0.29, 0.717) is 23.3 Å². The van der Waals surface area contributed by atoms with Crippen LogP contribution in [0.15, 0.2) is 27.7 Å². The highest BCUT2D eigenvalue weighted by Crippen LogP contribution is 2.20. The smallest absolute Gasteiger partial charge is 0.223 e. The summed E-state index contributed by atoms with van der Waals surface area (Å²) in [5, 5.41) is 3.80. The minimum absolute atomic E-state index is 0.523. The highest BCUT2D eigenvalue weighted by Gasteiger charge is 2.03. The molecule has 2 aromatic heterocycles. The topological polar surface area (TPSA) is 77.8 Å². The molecule has 0 spiro atoms. The van der Waals surface area contributed by atoms with Crippen LogP contribution in [0.25, 0.3) is 0 Å². The van der Waals surface area contributed by atoms with Crippen molar-refractivity contribution in [2.24, 2.45) is 0 Å². The van der Waals surface area contributed by atoms with Gasteiger partial charge in [-0.05, 0) is 12.1 Å². The third-order valence-electron chi connectivity index (χ3n) is 1.70. The predicted octanol–water partition coefficient (Wildman–Crippen LogP) is 1.65. The zero-order valence-corrected chi connectivity index (χ0v) is 8.99. The fraction of sp³-hybridized carbons (Fsp3) is 0.222. The molecule has 0 saturated carbocycles. The van der Waals surface area contributed by atoms with Crippen molar-refractivity contribution in [3.63, 3.8) is 0 Å². The first kappa shape index (κ1) is 9.97. The van der Waals surface area contributed by atoms with Crippen molar-refractivity contribution in [3.8, 4) is 0 Å². The van der Waals surface area contributed by atoms with Gasteiger partial charge in [0, 0.05) is 18.0 Å². The van der Waals surface area contributed by atoms with Crippen LogP contribution in [0.2, 0.25) is 0 Å². The molecule has 0 saturated heterocycles. The Bertz CT molecular complexity index is 440. The molecule has 0 atom stereocenters. The molecule has 0 bridgehead atoms. The van der Waals surface area contributed by atoms with E-state index in [4.69, 9.17) is 10.3 Å². The maximum atomic E-state index is 5.48. The Hall–Kier alpha value is -1.56. The first-order valence-electron chi connectivity index (χ1n) is 4.37. The lowest BCUT2D eigenvalue weighted by Gasteiger charge is -1.97. The van der Waals surface area contributed by atoms with E-state index in [0.717, 1.165) is 4.90 Å². The molecule has 5 nitrogen and oxygen atoms in total. The second-order valence-corrected chi connectivity index (χ2v) is 3.99. The number of rotatable bonds is 3. The summed E-state index contributed by atoms with van der Waals surface area (Å²) >= 11 is 1.59. The molecule has 0 aliphatic rings. The number of nitrogen functional groups attached to an aromatic ring is 1. The summed E-state index contributed by atoms with van der Waals surface area (Å²) in [7, 11) is 0. The number of nitrogens with two attached hydrogens (primary N) is 1. The van der Waals surface area contributed by atoms with Crippen LogP contribution in [0.3, 0.4) is 0 Å². The van der Waals surface area contributed by atoms with Crippen molar-refractivity contribution >= 4 is 17.6 Å². The maximum Gasteiger partial charge on any atom is 0.223 e. The van der Waals surface area contributed by atoms with Gasteiger partial charge >= 0.3 is 0 Å². The van der Waals surface area contributed by atoms with E-state index in [9.17, 15) is 0 Å². The first-order valence-corrected chi connectivity index (χ1v) is 5.36. The molecule has 0 radical (unpaired) electrons. The van der Waals surface area contributed by atoms with Crippen molar-refractivity contribution in [3.05, 3.63) is 30.0 Å². The largest absolute Gasteiger partial charge is 0.384 e. The van der Waals surface area contributed by atoms with Crippen molar-refractivity contribution < 1.29 is 4.52 Å². The summed E-state index contributed by atoms with van der Waals surface area (Å²) in [6, 6.07) is 3.68. The Balaban J connectivity index is 1.96. The predicted molar refractivity (Wildman–Crippen MR) is 57.2 cm³/mol. The lowest BCUT2D eigenvalue weighted by molar-refractivity contribution is 0.389. The van der Waals surface area contributed by atoms with Gasteiger partial charge in [0.05, 0.1) is 5.75 Å². The van der Waals surface area contributed by atoms with Crippen LogP contribution in [0.1, 0.15) is 11.7 Å². The molecular weight excluding hydrogens is 212 g/mol. The zero-order chi connectivity index (χ0) is 10.7. The van der Waals surface area contributed by atoms with E-state index >= 15 is 0 Å².